The molecule has 0 spiro atoms. The number of anilines is 2. The molecule has 3 aromatic rings. The van der Waals surface area contributed by atoms with E-state index in [0.717, 1.165) is 29.7 Å². The quantitative estimate of drug-likeness (QED) is 0.673. The Bertz CT molecular complexity index is 1170. The molecule has 7 heteroatoms. The summed E-state index contributed by atoms with van der Waals surface area (Å²) in [6.45, 7) is 4.44. The molecule has 7 nitrogen and oxygen atoms in total. The molecule has 1 unspecified atom stereocenters. The maximum Gasteiger partial charge on any atom is 0.230 e. The second kappa shape index (κ2) is 7.65. The Kier molecular flexibility index (Phi) is 4.81. The first-order chi connectivity index (χ1) is 15.0. The van der Waals surface area contributed by atoms with Crippen molar-refractivity contribution in [3.63, 3.8) is 0 Å². The van der Waals surface area contributed by atoms with Gasteiger partial charge in [-0.1, -0.05) is 23.4 Å². The highest BCUT2D eigenvalue weighted by Gasteiger charge is 2.35. The number of aromatic nitrogens is 2. The van der Waals surface area contributed by atoms with Gasteiger partial charge in [-0.2, -0.15) is 4.98 Å². The van der Waals surface area contributed by atoms with Crippen LogP contribution in [0.25, 0.3) is 11.4 Å². The van der Waals surface area contributed by atoms with Crippen molar-refractivity contribution in [2.24, 2.45) is 5.92 Å². The molecule has 1 saturated carbocycles. The summed E-state index contributed by atoms with van der Waals surface area (Å²) in [6, 6.07) is 13.3. The molecule has 2 aromatic carbocycles. The first-order valence-electron chi connectivity index (χ1n) is 10.6. The molecule has 1 N–H and O–H groups in total. The molecule has 31 heavy (non-hydrogen) atoms. The van der Waals surface area contributed by atoms with E-state index in [1.807, 2.05) is 56.3 Å². The summed E-state index contributed by atoms with van der Waals surface area (Å²) >= 11 is 0. The molecule has 1 atom stereocenters. The number of amides is 2. The maximum atomic E-state index is 12.9. The number of aryl methyl sites for hydroxylation is 2. The van der Waals surface area contributed by atoms with Gasteiger partial charge in [-0.3, -0.25) is 9.59 Å². The summed E-state index contributed by atoms with van der Waals surface area (Å²) in [6.07, 6.45) is 2.39. The van der Waals surface area contributed by atoms with Crippen molar-refractivity contribution in [2.75, 3.05) is 16.8 Å². The van der Waals surface area contributed by atoms with Crippen molar-refractivity contribution in [2.45, 2.75) is 39.0 Å². The maximum absolute atomic E-state index is 12.9. The van der Waals surface area contributed by atoms with Crippen LogP contribution < -0.4 is 10.2 Å². The third-order valence-corrected chi connectivity index (χ3v) is 6.05. The Hall–Kier alpha value is -3.48. The van der Waals surface area contributed by atoms with E-state index in [1.165, 1.54) is 5.56 Å². The van der Waals surface area contributed by atoms with Gasteiger partial charge in [-0.25, -0.2) is 0 Å². The molecule has 1 saturated heterocycles. The lowest BCUT2D eigenvalue weighted by Gasteiger charge is -2.18. The van der Waals surface area contributed by atoms with Gasteiger partial charge in [-0.05, 0) is 62.1 Å². The second-order valence-electron chi connectivity index (χ2n) is 8.47. The number of nitrogens with zero attached hydrogens (tertiary/aromatic N) is 3. The van der Waals surface area contributed by atoms with Gasteiger partial charge in [0.1, 0.15) is 0 Å². The van der Waals surface area contributed by atoms with Crippen molar-refractivity contribution in [3.05, 3.63) is 59.5 Å². The van der Waals surface area contributed by atoms with Crippen LogP contribution in [0.2, 0.25) is 0 Å². The Labute approximate surface area is 180 Å². The smallest absolute Gasteiger partial charge is 0.230 e. The minimum Gasteiger partial charge on any atom is -0.339 e. The van der Waals surface area contributed by atoms with Crippen LogP contribution in [0.15, 0.2) is 47.0 Å². The molecule has 158 valence electrons. The van der Waals surface area contributed by atoms with Crippen LogP contribution in [0.5, 0.6) is 0 Å². The van der Waals surface area contributed by atoms with E-state index in [9.17, 15) is 9.59 Å². The van der Waals surface area contributed by atoms with E-state index in [0.29, 0.717) is 29.9 Å². The summed E-state index contributed by atoms with van der Waals surface area (Å²) in [5, 5.41) is 7.01. The third kappa shape index (κ3) is 3.95. The van der Waals surface area contributed by atoms with Crippen molar-refractivity contribution < 1.29 is 14.1 Å². The number of rotatable bonds is 5. The Balaban J connectivity index is 1.28. The number of carbonyl (C=O) groups is 2. The van der Waals surface area contributed by atoms with Gasteiger partial charge in [0.25, 0.3) is 0 Å². The highest BCUT2D eigenvalue weighted by molar-refractivity contribution is 6.03. The molecular formula is C24H24N4O3. The van der Waals surface area contributed by atoms with Gasteiger partial charge in [0.15, 0.2) is 0 Å². The molecule has 1 aliphatic carbocycles. The highest BCUT2D eigenvalue weighted by atomic mass is 16.5. The van der Waals surface area contributed by atoms with Gasteiger partial charge >= 0.3 is 0 Å². The first-order valence-corrected chi connectivity index (χ1v) is 10.6. The van der Waals surface area contributed by atoms with E-state index in [-0.39, 0.29) is 18.2 Å². The predicted molar refractivity (Wildman–Crippen MR) is 117 cm³/mol. The van der Waals surface area contributed by atoms with Crippen molar-refractivity contribution >= 4 is 23.2 Å². The zero-order valence-corrected chi connectivity index (χ0v) is 17.6. The summed E-state index contributed by atoms with van der Waals surface area (Å²) in [7, 11) is 0. The summed E-state index contributed by atoms with van der Waals surface area (Å²) in [5.41, 5.74) is 4.58. The summed E-state index contributed by atoms with van der Waals surface area (Å²) < 4.78 is 5.34. The van der Waals surface area contributed by atoms with Gasteiger partial charge in [0, 0.05) is 35.8 Å². The second-order valence-corrected chi connectivity index (χ2v) is 8.47. The average molecular weight is 416 g/mol. The van der Waals surface area contributed by atoms with Crippen LogP contribution in [0, 0.1) is 19.8 Å². The Morgan fingerprint density at radius 2 is 1.97 bits per heavy atom. The number of hydrogen-bond acceptors (Lipinski definition) is 5. The van der Waals surface area contributed by atoms with Crippen LogP contribution in [0.4, 0.5) is 11.4 Å². The van der Waals surface area contributed by atoms with Crippen LogP contribution in [-0.4, -0.2) is 28.5 Å². The van der Waals surface area contributed by atoms with Crippen molar-refractivity contribution in [1.82, 2.24) is 10.1 Å². The Morgan fingerprint density at radius 3 is 2.74 bits per heavy atom. The van der Waals surface area contributed by atoms with Crippen LogP contribution in [-0.2, 0) is 9.59 Å². The van der Waals surface area contributed by atoms with Gasteiger partial charge < -0.3 is 14.7 Å². The predicted octanol–water partition coefficient (Wildman–Crippen LogP) is 4.22. The largest absolute Gasteiger partial charge is 0.339 e. The zero-order chi connectivity index (χ0) is 21.5. The minimum atomic E-state index is -0.399. The lowest BCUT2D eigenvalue weighted by atomic mass is 10.1. The van der Waals surface area contributed by atoms with Gasteiger partial charge in [-0.15, -0.1) is 0 Å². The summed E-state index contributed by atoms with van der Waals surface area (Å²) in [5.74, 6) is 1.00. The van der Waals surface area contributed by atoms with E-state index in [4.69, 9.17) is 4.52 Å². The summed E-state index contributed by atoms with van der Waals surface area (Å²) in [4.78, 5) is 31.6. The topological polar surface area (TPSA) is 88.3 Å². The van der Waals surface area contributed by atoms with Crippen molar-refractivity contribution in [3.8, 4) is 11.4 Å². The molecule has 0 radical (unpaired) electrons. The number of carbonyl (C=O) groups excluding carboxylic acids is 2. The molecular weight excluding hydrogens is 392 g/mol. The average Bonchev–Trinajstić information content (AvgIpc) is 3.35. The lowest BCUT2D eigenvalue weighted by molar-refractivity contribution is -0.122. The first kappa shape index (κ1) is 19.5. The van der Waals surface area contributed by atoms with E-state index < -0.39 is 5.92 Å². The fourth-order valence-corrected chi connectivity index (χ4v) is 3.86. The zero-order valence-electron chi connectivity index (χ0n) is 17.6. The normalized spacial score (nSPS) is 18.5. The van der Waals surface area contributed by atoms with E-state index in [1.54, 1.807) is 4.90 Å². The monoisotopic (exact) mass is 416 g/mol. The molecule has 1 aliphatic heterocycles. The standard InChI is InChI=1S/C24H24N4O3/c1-14-6-9-20(10-15(14)2)28-13-18(12-21(28)29)23(30)25-19-5-3-4-17(11-19)22-26-24(31-27-22)16-7-8-16/h3-6,9-11,16,18H,7-8,12-13H2,1-2H3,(H,25,30). The highest BCUT2D eigenvalue weighted by Crippen LogP contribution is 2.39. The minimum absolute atomic E-state index is 0.0310. The van der Waals surface area contributed by atoms with E-state index >= 15 is 0 Å². The molecule has 2 heterocycles. The third-order valence-electron chi connectivity index (χ3n) is 6.05. The molecule has 2 fully saturated rings. The van der Waals surface area contributed by atoms with Crippen LogP contribution >= 0.6 is 0 Å². The van der Waals surface area contributed by atoms with Crippen molar-refractivity contribution in [1.29, 1.82) is 0 Å². The molecule has 2 amide bonds. The fourth-order valence-electron chi connectivity index (χ4n) is 3.86. The lowest BCUT2D eigenvalue weighted by Crippen LogP contribution is -2.28. The Morgan fingerprint density at radius 1 is 1.13 bits per heavy atom. The SMILES string of the molecule is Cc1ccc(N2CC(C(=O)Nc3cccc(-c4noc(C5CC5)n4)c3)CC2=O)cc1C. The fraction of sp³-hybridized carbons (Fsp3) is 0.333. The van der Waals surface area contributed by atoms with Gasteiger partial charge in [0.05, 0.1) is 5.92 Å². The number of benzene rings is 2. The number of nitrogens with one attached hydrogen (secondary N) is 1. The molecule has 0 bridgehead atoms. The van der Waals surface area contributed by atoms with Crippen LogP contribution in [0.3, 0.4) is 0 Å². The molecule has 1 aromatic heterocycles. The van der Waals surface area contributed by atoms with E-state index in [2.05, 4.69) is 15.5 Å². The van der Waals surface area contributed by atoms with Gasteiger partial charge in [0.2, 0.25) is 23.5 Å². The molecule has 5 rings (SSSR count). The van der Waals surface area contributed by atoms with Crippen LogP contribution in [0.1, 0.15) is 42.2 Å². The number of hydrogen-bond donors (Lipinski definition) is 1. The molecule has 2 aliphatic rings.